The molecule has 1 unspecified atom stereocenters. The highest BCUT2D eigenvalue weighted by atomic mass is 16.5. The maximum Gasteiger partial charge on any atom is 0.283 e. The molecular formula is C50H75N9O11. The Balaban J connectivity index is 0.00000526. The van der Waals surface area contributed by atoms with Gasteiger partial charge in [0.05, 0.1) is 62.8 Å². The summed E-state index contributed by atoms with van der Waals surface area (Å²) in [6.45, 7) is 17.1. The van der Waals surface area contributed by atoms with Crippen molar-refractivity contribution in [2.75, 3.05) is 98.5 Å². The van der Waals surface area contributed by atoms with E-state index in [0.29, 0.717) is 123 Å². The Labute approximate surface area is 410 Å². The molecule has 4 aromatic rings. The lowest BCUT2D eigenvalue weighted by Crippen LogP contribution is -2.47. The molecule has 1 fully saturated rings. The quantitative estimate of drug-likeness (QED) is 0.0451. The Bertz CT molecular complexity index is 2380. The molecule has 20 heteroatoms. The normalized spacial score (nSPS) is 15.0. The molecule has 0 spiro atoms. The number of amides is 1. The summed E-state index contributed by atoms with van der Waals surface area (Å²) in [5, 5.41) is 35.5. The van der Waals surface area contributed by atoms with E-state index < -0.39 is 22.7 Å². The highest BCUT2D eigenvalue weighted by Gasteiger charge is 2.27. The first-order valence-corrected chi connectivity index (χ1v) is 24.3. The first-order chi connectivity index (χ1) is 33.8. The minimum atomic E-state index is -0.626. The summed E-state index contributed by atoms with van der Waals surface area (Å²) in [5.41, 5.74) is 1.10. The van der Waals surface area contributed by atoms with E-state index in [2.05, 4.69) is 38.4 Å². The largest absolute Gasteiger partial charge is 0.425 e. The van der Waals surface area contributed by atoms with Crippen LogP contribution in [-0.4, -0.2) is 158 Å². The molecule has 1 aliphatic heterocycles. The van der Waals surface area contributed by atoms with Crippen molar-refractivity contribution < 1.29 is 34.6 Å². The fourth-order valence-electron chi connectivity index (χ4n) is 7.90. The topological polar surface area (TPSA) is 218 Å². The van der Waals surface area contributed by atoms with Crippen molar-refractivity contribution in [2.45, 2.75) is 72.1 Å². The molecule has 0 radical (unpaired) electrons. The number of ether oxygens (including phenoxy) is 3. The zero-order valence-corrected chi connectivity index (χ0v) is 41.5. The maximum absolute atomic E-state index is 13.4. The van der Waals surface area contributed by atoms with E-state index in [-0.39, 0.29) is 50.5 Å². The first-order valence-electron chi connectivity index (χ1n) is 24.3. The van der Waals surface area contributed by atoms with Crippen LogP contribution >= 0.6 is 0 Å². The molecule has 1 aliphatic rings. The summed E-state index contributed by atoms with van der Waals surface area (Å²) in [6.07, 6.45) is 2.06. The van der Waals surface area contributed by atoms with Crippen molar-refractivity contribution in [3.8, 4) is 0 Å². The molecule has 70 heavy (non-hydrogen) atoms. The molecule has 1 saturated heterocycles. The molecule has 0 bridgehead atoms. The summed E-state index contributed by atoms with van der Waals surface area (Å²) in [7, 11) is 1.72. The summed E-state index contributed by atoms with van der Waals surface area (Å²) in [5.74, 6) is -0.236. The number of carbonyl (C=O) groups is 1. The second-order valence-corrected chi connectivity index (χ2v) is 16.8. The number of rotatable bonds is 24. The van der Waals surface area contributed by atoms with Crippen molar-refractivity contribution in [2.24, 2.45) is 7.05 Å². The Hall–Kier alpha value is -5.87. The van der Waals surface area contributed by atoms with Gasteiger partial charge >= 0.3 is 0 Å². The van der Waals surface area contributed by atoms with Crippen LogP contribution in [0.1, 0.15) is 75.3 Å². The molecular weight excluding hydrogens is 903 g/mol. The third kappa shape index (κ3) is 18.5. The molecule has 5 heterocycles. The van der Waals surface area contributed by atoms with E-state index in [9.17, 15) is 39.6 Å². The van der Waals surface area contributed by atoms with E-state index in [0.717, 1.165) is 24.1 Å². The fraction of sp³-hybridized carbons (Fsp3) is 0.540. The van der Waals surface area contributed by atoms with Crippen LogP contribution in [0.25, 0.3) is 0 Å². The zero-order valence-electron chi connectivity index (χ0n) is 41.5. The van der Waals surface area contributed by atoms with Crippen molar-refractivity contribution in [3.05, 3.63) is 149 Å². The van der Waals surface area contributed by atoms with Gasteiger partial charge in [0.25, 0.3) is 16.7 Å². The van der Waals surface area contributed by atoms with Crippen molar-refractivity contribution in [1.29, 1.82) is 0 Å². The van der Waals surface area contributed by atoms with Gasteiger partial charge in [0.1, 0.15) is 0 Å². The molecule has 386 valence electrons. The van der Waals surface area contributed by atoms with E-state index in [4.69, 9.17) is 14.2 Å². The van der Waals surface area contributed by atoms with Gasteiger partial charge in [-0.25, -0.2) is 0 Å². The lowest BCUT2D eigenvalue weighted by atomic mass is 10.0. The fourth-order valence-corrected chi connectivity index (χ4v) is 7.90. The molecule has 0 aliphatic carbocycles. The molecule has 5 rings (SSSR count). The van der Waals surface area contributed by atoms with Gasteiger partial charge in [-0.3, -0.25) is 43.6 Å². The summed E-state index contributed by atoms with van der Waals surface area (Å²) < 4.78 is 20.3. The van der Waals surface area contributed by atoms with E-state index in [1.807, 2.05) is 19.9 Å². The van der Waals surface area contributed by atoms with Gasteiger partial charge in [-0.15, -0.1) is 0 Å². The molecule has 4 aromatic heterocycles. The van der Waals surface area contributed by atoms with Crippen LogP contribution in [0, 0.1) is 0 Å². The van der Waals surface area contributed by atoms with Gasteiger partial charge in [-0.05, 0) is 43.5 Å². The van der Waals surface area contributed by atoms with Gasteiger partial charge in [-0.2, -0.15) is 14.2 Å². The Morgan fingerprint density at radius 3 is 1.54 bits per heavy atom. The van der Waals surface area contributed by atoms with Crippen LogP contribution in [0.3, 0.4) is 0 Å². The lowest BCUT2D eigenvalue weighted by molar-refractivity contribution is -0.121. The van der Waals surface area contributed by atoms with Gasteiger partial charge < -0.3 is 39.7 Å². The average Bonchev–Trinajstić information content (AvgIpc) is 3.35. The minimum Gasteiger partial charge on any atom is -0.425 e. The van der Waals surface area contributed by atoms with Crippen LogP contribution in [0.15, 0.2) is 104 Å². The van der Waals surface area contributed by atoms with Crippen molar-refractivity contribution >= 4 is 5.91 Å². The second kappa shape index (κ2) is 30.7. The minimum absolute atomic E-state index is 0.0592. The smallest absolute Gasteiger partial charge is 0.283 e. The number of hydrogen-bond donors (Lipinski definition) is 4. The van der Waals surface area contributed by atoms with Crippen LogP contribution in [-0.2, 0) is 45.7 Å². The maximum atomic E-state index is 13.4. The second-order valence-electron chi connectivity index (χ2n) is 16.8. The van der Waals surface area contributed by atoms with Crippen molar-refractivity contribution in [1.82, 2.24) is 43.7 Å². The predicted octanol–water partition coefficient (Wildman–Crippen LogP) is 2.77. The molecule has 1 amide bonds. The third-order valence-corrected chi connectivity index (χ3v) is 12.1. The third-order valence-electron chi connectivity index (χ3n) is 12.1. The zero-order chi connectivity index (χ0) is 50.8. The SMILES string of the molecule is C=C(CC)CCOCCOCCOCCNC(=O)CCC(c1cccc(=O)n1O)N1CCN(Cc2cccc(=O)n2C)CCN(Cc2cccc(=O)n2O)CCN(Cc2cccc(=O)n2O)CC1.CC. The van der Waals surface area contributed by atoms with Crippen LogP contribution < -0.4 is 27.6 Å². The van der Waals surface area contributed by atoms with E-state index in [1.54, 1.807) is 54.1 Å². The number of nitrogens with one attached hydrogen (secondary N) is 1. The Kier molecular flexibility index (Phi) is 24.9. The lowest BCUT2D eigenvalue weighted by Gasteiger charge is -2.38. The Morgan fingerprint density at radius 1 is 0.586 bits per heavy atom. The number of pyridine rings is 4. The highest BCUT2D eigenvalue weighted by Crippen LogP contribution is 2.26. The summed E-state index contributed by atoms with van der Waals surface area (Å²) >= 11 is 0. The van der Waals surface area contributed by atoms with Crippen LogP contribution in [0.5, 0.6) is 0 Å². The molecule has 0 saturated carbocycles. The Morgan fingerprint density at radius 2 is 1.01 bits per heavy atom. The average molecular weight is 978 g/mol. The van der Waals surface area contributed by atoms with Crippen molar-refractivity contribution in [3.63, 3.8) is 0 Å². The predicted molar refractivity (Wildman–Crippen MR) is 266 cm³/mol. The summed E-state index contributed by atoms with van der Waals surface area (Å²) in [4.78, 5) is 72.4. The van der Waals surface area contributed by atoms with Gasteiger partial charge in [0.2, 0.25) is 11.5 Å². The van der Waals surface area contributed by atoms with Gasteiger partial charge in [0.15, 0.2) is 0 Å². The van der Waals surface area contributed by atoms with E-state index in [1.165, 1.54) is 24.3 Å². The van der Waals surface area contributed by atoms with Crippen LogP contribution in [0.2, 0.25) is 0 Å². The molecule has 0 aromatic carbocycles. The van der Waals surface area contributed by atoms with Crippen LogP contribution in [0.4, 0.5) is 0 Å². The highest BCUT2D eigenvalue weighted by molar-refractivity contribution is 5.75. The number of hydrogen-bond acceptors (Lipinski definition) is 15. The number of aromatic nitrogens is 4. The summed E-state index contributed by atoms with van der Waals surface area (Å²) in [6, 6.07) is 18.0. The molecule has 1 atom stereocenters. The number of nitrogens with zero attached hydrogens (tertiary/aromatic N) is 8. The van der Waals surface area contributed by atoms with Gasteiger partial charge in [0, 0.05) is 122 Å². The first kappa shape index (κ1) is 56.7. The van der Waals surface area contributed by atoms with Gasteiger partial charge in [-0.1, -0.05) is 57.2 Å². The molecule has 20 nitrogen and oxygen atoms in total. The van der Waals surface area contributed by atoms with E-state index >= 15 is 0 Å². The number of carbonyl (C=O) groups excluding carboxylic acids is 1. The standard InChI is InChI=1S/C48H69N9O11.C2H6/c1-4-38(2)19-29-66-31-33-68-34-32-67-30-20-49-44(58)18-17-42(43-12-8-16-48(62)57(43)65)54-27-25-52(35-39-9-5-13-45(59)50(39)3)23-21-51(36-40-10-6-14-46(60)55(40)63)22-24-53(26-28-54)37-41-11-7-15-47(61)56(41)64;1-2/h5-16,42,63-65H,2,4,17-37H2,1,3H3,(H,49,58);1-2H3. The molecule has 4 N–H and O–H groups in total. The monoisotopic (exact) mass is 978 g/mol.